The van der Waals surface area contributed by atoms with Crippen LogP contribution < -0.4 is 14.4 Å². The van der Waals surface area contributed by atoms with E-state index in [1.54, 1.807) is 27.1 Å². The average molecular weight is 638 g/mol. The van der Waals surface area contributed by atoms with Gasteiger partial charge in [-0.25, -0.2) is 22.8 Å². The fourth-order valence-corrected chi connectivity index (χ4v) is 7.74. The summed E-state index contributed by atoms with van der Waals surface area (Å²) in [5.41, 5.74) is -1.49. The van der Waals surface area contributed by atoms with Crippen LogP contribution in [0.4, 0.5) is 19.0 Å². The number of aryl methyl sites for hydroxylation is 2. The molecule has 3 aromatic heterocycles. The lowest BCUT2D eigenvalue weighted by Gasteiger charge is -2.34. The largest absolute Gasteiger partial charge is 0.477 e. The maximum absolute atomic E-state index is 13.6. The van der Waals surface area contributed by atoms with Gasteiger partial charge in [0.2, 0.25) is 5.88 Å². The molecule has 0 radical (unpaired) electrons. The molecule has 1 aliphatic carbocycles. The Bertz CT molecular complexity index is 1710. The van der Waals surface area contributed by atoms with Gasteiger partial charge in [-0.3, -0.25) is 9.48 Å². The van der Waals surface area contributed by atoms with Gasteiger partial charge in [0.1, 0.15) is 10.7 Å². The second kappa shape index (κ2) is 10.5. The van der Waals surface area contributed by atoms with E-state index in [4.69, 9.17) is 9.72 Å². The molecule has 44 heavy (non-hydrogen) atoms. The number of aromatic nitrogens is 5. The Balaban J connectivity index is 1.44. The number of anilines is 1. The van der Waals surface area contributed by atoms with Gasteiger partial charge in [0, 0.05) is 31.4 Å². The number of nitrogens with one attached hydrogen (secondary N) is 1. The lowest BCUT2D eigenvalue weighted by molar-refractivity contribution is -0.190. The quantitative estimate of drug-likeness (QED) is 0.353. The van der Waals surface area contributed by atoms with Crippen LogP contribution in [0.25, 0.3) is 5.82 Å². The van der Waals surface area contributed by atoms with Crippen molar-refractivity contribution >= 4 is 21.7 Å². The van der Waals surface area contributed by atoms with Crippen molar-refractivity contribution in [2.75, 3.05) is 18.1 Å². The van der Waals surface area contributed by atoms with Crippen molar-refractivity contribution in [3.05, 3.63) is 41.3 Å². The van der Waals surface area contributed by atoms with Gasteiger partial charge in [-0.2, -0.15) is 18.3 Å². The molecule has 1 aliphatic heterocycles. The summed E-state index contributed by atoms with van der Waals surface area (Å²) >= 11 is 0. The molecule has 5 rings (SSSR count). The summed E-state index contributed by atoms with van der Waals surface area (Å²) in [5, 5.41) is 8.50. The van der Waals surface area contributed by atoms with Crippen molar-refractivity contribution in [2.45, 2.75) is 83.8 Å². The van der Waals surface area contributed by atoms with E-state index in [0.29, 0.717) is 18.1 Å². The minimum Gasteiger partial charge on any atom is -0.477 e. The Kier molecular flexibility index (Phi) is 7.58. The number of nitrogens with zero attached hydrogens (tertiary/aromatic N) is 6. The fraction of sp³-hybridized carbons (Fsp3) is 0.586. The van der Waals surface area contributed by atoms with Gasteiger partial charge in [0.25, 0.3) is 15.9 Å². The third-order valence-corrected chi connectivity index (χ3v) is 10.2. The van der Waals surface area contributed by atoms with E-state index in [2.05, 4.69) is 28.8 Å². The lowest BCUT2D eigenvalue weighted by Crippen LogP contribution is -2.41. The van der Waals surface area contributed by atoms with Crippen molar-refractivity contribution in [2.24, 2.45) is 17.9 Å². The third-order valence-electron chi connectivity index (χ3n) is 8.61. The van der Waals surface area contributed by atoms with Gasteiger partial charge in [-0.15, -0.1) is 5.10 Å². The number of hydrogen-bond acceptors (Lipinski definition) is 8. The number of rotatable bonds is 9. The Labute approximate surface area is 254 Å². The summed E-state index contributed by atoms with van der Waals surface area (Å²) in [6.45, 7) is 11.9. The summed E-state index contributed by atoms with van der Waals surface area (Å²) in [6.07, 6.45) is -1.83. The number of pyridine rings is 1. The molecule has 0 spiro atoms. The second-order valence-electron chi connectivity index (χ2n) is 13.3. The predicted molar refractivity (Wildman–Crippen MR) is 156 cm³/mol. The zero-order valence-electron chi connectivity index (χ0n) is 25.9. The van der Waals surface area contributed by atoms with Crippen LogP contribution in [0.15, 0.2) is 29.3 Å². The summed E-state index contributed by atoms with van der Waals surface area (Å²) in [6, 6.07) is 4.55. The highest BCUT2D eigenvalue weighted by Gasteiger charge is 2.62. The number of alkyl halides is 3. The van der Waals surface area contributed by atoms with E-state index in [0.717, 1.165) is 6.42 Å². The summed E-state index contributed by atoms with van der Waals surface area (Å²) in [4.78, 5) is 20.3. The topological polar surface area (TPSA) is 124 Å². The van der Waals surface area contributed by atoms with Gasteiger partial charge in [0.05, 0.1) is 29.0 Å². The average Bonchev–Trinajstić information content (AvgIpc) is 3.37. The van der Waals surface area contributed by atoms with Crippen LogP contribution in [0, 0.1) is 24.7 Å². The Morgan fingerprint density at radius 1 is 1.09 bits per heavy atom. The first-order valence-corrected chi connectivity index (χ1v) is 15.9. The fourth-order valence-electron chi connectivity index (χ4n) is 6.34. The minimum absolute atomic E-state index is 0.0611. The van der Waals surface area contributed by atoms with Gasteiger partial charge in [-0.05, 0) is 70.9 Å². The molecule has 0 unspecified atom stereocenters. The van der Waals surface area contributed by atoms with Crippen molar-refractivity contribution < 1.29 is 31.1 Å². The van der Waals surface area contributed by atoms with E-state index in [9.17, 15) is 26.4 Å². The van der Waals surface area contributed by atoms with Gasteiger partial charge >= 0.3 is 6.18 Å². The molecule has 11 nitrogen and oxygen atoms in total. The third kappa shape index (κ3) is 5.89. The predicted octanol–water partition coefficient (Wildman–Crippen LogP) is 4.86. The Hall–Kier alpha value is -3.62. The number of halogens is 3. The Morgan fingerprint density at radius 3 is 2.32 bits per heavy atom. The molecule has 0 aromatic carbocycles. The molecule has 0 bridgehead atoms. The van der Waals surface area contributed by atoms with Crippen LogP contribution in [0.1, 0.15) is 75.1 Å². The maximum atomic E-state index is 13.6. The van der Waals surface area contributed by atoms with Crippen LogP contribution in [0.5, 0.6) is 5.88 Å². The second-order valence-corrected chi connectivity index (χ2v) is 14.9. The molecule has 4 heterocycles. The molecular formula is C29H38F3N7O4S. The molecule has 240 valence electrons. The van der Waals surface area contributed by atoms with Gasteiger partial charge < -0.3 is 9.64 Å². The SMILES string of the molecule is Cc1nn(C)c(C)c1S(=O)(=O)NC(=O)c1ccc(-n2ccc(OCCC3(C(F)(F)F)CC3)n2)nc1N1CC(C)(C)CC1(C)C. The van der Waals surface area contributed by atoms with E-state index in [-0.39, 0.29) is 59.1 Å². The number of carbonyl (C=O) groups is 1. The highest BCUT2D eigenvalue weighted by molar-refractivity contribution is 7.90. The molecule has 1 N–H and O–H groups in total. The first-order chi connectivity index (χ1) is 20.3. The number of amides is 1. The number of hydrogen-bond donors (Lipinski definition) is 1. The molecule has 0 atom stereocenters. The van der Waals surface area contributed by atoms with Crippen LogP contribution in [-0.4, -0.2) is 63.7 Å². The molecule has 2 aliphatic rings. The minimum atomic E-state index is -4.26. The summed E-state index contributed by atoms with van der Waals surface area (Å²) in [5.74, 6) is -0.0960. The number of carbonyl (C=O) groups excluding carboxylic acids is 1. The Morgan fingerprint density at radius 2 is 1.77 bits per heavy atom. The summed E-state index contributed by atoms with van der Waals surface area (Å²) in [7, 11) is -2.63. The smallest absolute Gasteiger partial charge is 0.394 e. The lowest BCUT2D eigenvalue weighted by atomic mass is 9.86. The van der Waals surface area contributed by atoms with E-state index >= 15 is 0 Å². The first kappa shape index (κ1) is 31.8. The van der Waals surface area contributed by atoms with Crippen LogP contribution >= 0.6 is 0 Å². The first-order valence-electron chi connectivity index (χ1n) is 14.4. The van der Waals surface area contributed by atoms with Crippen molar-refractivity contribution in [3.8, 4) is 11.7 Å². The molecule has 15 heteroatoms. The highest BCUT2D eigenvalue weighted by atomic mass is 32.2. The molecule has 2 fully saturated rings. The van der Waals surface area contributed by atoms with Crippen LogP contribution in [0.3, 0.4) is 0 Å². The number of sulfonamides is 1. The zero-order chi connectivity index (χ0) is 32.5. The molecule has 3 aromatic rings. The van der Waals surface area contributed by atoms with E-state index in [1.807, 2.05) is 18.7 Å². The molecular weight excluding hydrogens is 599 g/mol. The van der Waals surface area contributed by atoms with Gasteiger partial charge in [-0.1, -0.05) is 13.8 Å². The molecule has 1 saturated heterocycles. The van der Waals surface area contributed by atoms with E-state index < -0.39 is 33.1 Å². The normalized spacial score (nSPS) is 18.8. The van der Waals surface area contributed by atoms with Gasteiger partial charge in [0.15, 0.2) is 5.82 Å². The van der Waals surface area contributed by atoms with Crippen molar-refractivity contribution in [3.63, 3.8) is 0 Å². The maximum Gasteiger partial charge on any atom is 0.394 e. The zero-order valence-corrected chi connectivity index (χ0v) is 26.7. The number of ether oxygens (including phenoxy) is 1. The van der Waals surface area contributed by atoms with Crippen molar-refractivity contribution in [1.29, 1.82) is 0 Å². The van der Waals surface area contributed by atoms with E-state index in [1.165, 1.54) is 27.6 Å². The monoisotopic (exact) mass is 637 g/mol. The molecule has 1 saturated carbocycles. The molecule has 1 amide bonds. The summed E-state index contributed by atoms with van der Waals surface area (Å²) < 4.78 is 77.0. The van der Waals surface area contributed by atoms with Crippen molar-refractivity contribution in [1.82, 2.24) is 29.3 Å². The van der Waals surface area contributed by atoms with Crippen LogP contribution in [-0.2, 0) is 17.1 Å². The standard InChI is InChI=1S/C29H38F3N7O4S/c1-18-23(19(2)37(7)34-18)44(41,42)36-25(40)20-8-9-21(33-24(20)38-17-26(3,4)16-27(38,5)6)39-14-10-22(35-39)43-15-13-28(11-12-28)29(30,31)32/h8-10,14H,11-13,15-17H2,1-7H3,(H,36,40). The van der Waals surface area contributed by atoms with Crippen LogP contribution in [0.2, 0.25) is 0 Å². The highest BCUT2D eigenvalue weighted by Crippen LogP contribution is 2.59.